The molecule has 0 radical (unpaired) electrons. The van der Waals surface area contributed by atoms with E-state index in [-0.39, 0.29) is 11.2 Å². The minimum Gasteiger partial charge on any atom is -0.330 e. The summed E-state index contributed by atoms with van der Waals surface area (Å²) in [6, 6.07) is 16.2. The van der Waals surface area contributed by atoms with Gasteiger partial charge in [0.15, 0.2) is 4.34 Å². The molecule has 0 bridgehead atoms. The second-order valence-corrected chi connectivity index (χ2v) is 9.06. The first-order valence-electron chi connectivity index (χ1n) is 8.83. The van der Waals surface area contributed by atoms with Crippen molar-refractivity contribution in [2.45, 2.75) is 29.9 Å². The minimum absolute atomic E-state index is 0.119. The molecule has 27 heavy (non-hydrogen) atoms. The molecule has 0 spiro atoms. The molecule has 0 saturated carbocycles. The van der Waals surface area contributed by atoms with E-state index in [0.29, 0.717) is 0 Å². The molecule has 138 valence electrons. The quantitative estimate of drug-likeness (QED) is 0.636. The Balaban J connectivity index is 1.40. The number of nitrogens with zero attached hydrogens (tertiary/aromatic N) is 3. The summed E-state index contributed by atoms with van der Waals surface area (Å²) in [5.41, 5.74) is 4.47. The molecule has 0 saturated heterocycles. The lowest BCUT2D eigenvalue weighted by Crippen LogP contribution is -2.35. The van der Waals surface area contributed by atoms with Gasteiger partial charge in [0.2, 0.25) is 11.0 Å². The molecule has 0 aliphatic carbocycles. The molecule has 4 rings (SSSR count). The van der Waals surface area contributed by atoms with Crippen molar-refractivity contribution in [3.63, 3.8) is 0 Å². The Kier molecular flexibility index (Phi) is 5.13. The average Bonchev–Trinajstić information content (AvgIpc) is 3.30. The van der Waals surface area contributed by atoms with Crippen molar-refractivity contribution in [3.8, 4) is 0 Å². The summed E-state index contributed by atoms with van der Waals surface area (Å²) in [5.74, 6) is 0.119. The summed E-state index contributed by atoms with van der Waals surface area (Å²) >= 11 is 2.93. The van der Waals surface area contributed by atoms with Crippen LogP contribution >= 0.6 is 23.1 Å². The molecule has 0 unspecified atom stereocenters. The molecule has 1 aliphatic rings. The van der Waals surface area contributed by atoms with E-state index in [4.69, 9.17) is 0 Å². The summed E-state index contributed by atoms with van der Waals surface area (Å²) in [7, 11) is 0. The van der Waals surface area contributed by atoms with Crippen LogP contribution in [0, 0.1) is 6.92 Å². The molecule has 1 atom stereocenters. The van der Waals surface area contributed by atoms with Gasteiger partial charge in [-0.25, -0.2) is 0 Å². The molecule has 3 aromatic rings. The number of carbonyl (C=O) groups excluding carboxylic acids is 1. The highest BCUT2D eigenvalue weighted by Crippen LogP contribution is 2.34. The number of fused-ring (bicyclic) bond motifs is 1. The van der Waals surface area contributed by atoms with Crippen LogP contribution in [0.5, 0.6) is 0 Å². The molecule has 1 amide bonds. The zero-order chi connectivity index (χ0) is 18.8. The number of para-hydroxylation sites is 1. The molecular formula is C20H20N4OS2. The van der Waals surface area contributed by atoms with Crippen LogP contribution in [-0.4, -0.2) is 27.9 Å². The van der Waals surface area contributed by atoms with Gasteiger partial charge in [-0.3, -0.25) is 4.79 Å². The third kappa shape index (κ3) is 3.99. The van der Waals surface area contributed by atoms with Crippen LogP contribution in [0.3, 0.4) is 0 Å². The van der Waals surface area contributed by atoms with Gasteiger partial charge in [0.05, 0.1) is 5.25 Å². The molecule has 1 aliphatic heterocycles. The predicted molar refractivity (Wildman–Crippen MR) is 112 cm³/mol. The summed E-state index contributed by atoms with van der Waals surface area (Å²) in [4.78, 5) is 14.8. The molecule has 7 heteroatoms. The van der Waals surface area contributed by atoms with Gasteiger partial charge < -0.3 is 10.2 Å². The van der Waals surface area contributed by atoms with Crippen LogP contribution in [-0.2, 0) is 11.2 Å². The molecule has 0 fully saturated rings. The topological polar surface area (TPSA) is 58.1 Å². The fourth-order valence-electron chi connectivity index (χ4n) is 3.06. The summed E-state index contributed by atoms with van der Waals surface area (Å²) in [5, 5.41) is 12.2. The predicted octanol–water partition coefficient (Wildman–Crippen LogP) is 4.66. The van der Waals surface area contributed by atoms with E-state index in [1.54, 1.807) is 0 Å². The van der Waals surface area contributed by atoms with Crippen LogP contribution in [0.25, 0.3) is 0 Å². The Labute approximate surface area is 166 Å². The Morgan fingerprint density at radius 3 is 2.78 bits per heavy atom. The number of hydrogen-bond donors (Lipinski definition) is 1. The van der Waals surface area contributed by atoms with Gasteiger partial charge >= 0.3 is 0 Å². The first-order chi connectivity index (χ1) is 13.1. The van der Waals surface area contributed by atoms with Crippen LogP contribution in [0.2, 0.25) is 0 Å². The number of hydrogen-bond acceptors (Lipinski definition) is 6. The Hall–Kier alpha value is -2.38. The van der Waals surface area contributed by atoms with E-state index in [9.17, 15) is 4.79 Å². The monoisotopic (exact) mass is 396 g/mol. The van der Waals surface area contributed by atoms with Gasteiger partial charge in [-0.1, -0.05) is 59.0 Å². The first-order valence-corrected chi connectivity index (χ1v) is 10.5. The van der Waals surface area contributed by atoms with E-state index >= 15 is 0 Å². The van der Waals surface area contributed by atoms with Crippen LogP contribution in [0.4, 0.5) is 16.5 Å². The first kappa shape index (κ1) is 18.0. The second kappa shape index (κ2) is 7.70. The van der Waals surface area contributed by atoms with E-state index in [1.165, 1.54) is 34.2 Å². The van der Waals surface area contributed by atoms with Gasteiger partial charge in [0.25, 0.3) is 0 Å². The van der Waals surface area contributed by atoms with Crippen molar-refractivity contribution in [1.29, 1.82) is 0 Å². The number of thioether (sulfide) groups is 1. The fraction of sp³-hybridized carbons (Fsp3) is 0.250. The SMILES string of the molecule is Cc1ccc(Nc2nnc(S[C@@H](C)C(=O)N3CCc4ccccc43)s2)cc1. The number of nitrogens with one attached hydrogen (secondary N) is 1. The third-order valence-electron chi connectivity index (χ3n) is 4.49. The normalized spacial score (nSPS) is 14.1. The van der Waals surface area contributed by atoms with E-state index in [1.807, 2.05) is 54.3 Å². The maximum atomic E-state index is 12.9. The average molecular weight is 397 g/mol. The zero-order valence-electron chi connectivity index (χ0n) is 15.2. The lowest BCUT2D eigenvalue weighted by molar-refractivity contribution is -0.117. The van der Waals surface area contributed by atoms with Crippen molar-refractivity contribution in [2.75, 3.05) is 16.8 Å². The molecule has 1 aromatic heterocycles. The summed E-state index contributed by atoms with van der Waals surface area (Å²) < 4.78 is 0.790. The van der Waals surface area contributed by atoms with Gasteiger partial charge in [-0.2, -0.15) is 0 Å². The number of aryl methyl sites for hydroxylation is 1. The summed E-state index contributed by atoms with van der Waals surface area (Å²) in [6.45, 7) is 4.74. The van der Waals surface area contributed by atoms with Gasteiger partial charge in [0, 0.05) is 17.9 Å². The van der Waals surface area contributed by atoms with Crippen molar-refractivity contribution in [3.05, 3.63) is 59.7 Å². The Morgan fingerprint density at radius 2 is 1.96 bits per heavy atom. The number of amides is 1. The third-order valence-corrected chi connectivity index (χ3v) is 6.50. The molecule has 2 heterocycles. The van der Waals surface area contributed by atoms with Crippen LogP contribution in [0.1, 0.15) is 18.1 Å². The van der Waals surface area contributed by atoms with Crippen LogP contribution < -0.4 is 10.2 Å². The largest absolute Gasteiger partial charge is 0.330 e. The highest BCUT2D eigenvalue weighted by Gasteiger charge is 2.28. The maximum Gasteiger partial charge on any atom is 0.240 e. The minimum atomic E-state index is -0.212. The number of benzene rings is 2. The van der Waals surface area contributed by atoms with Gasteiger partial charge in [-0.15, -0.1) is 10.2 Å². The lowest BCUT2D eigenvalue weighted by atomic mass is 10.2. The number of rotatable bonds is 5. The number of carbonyl (C=O) groups is 1. The van der Waals surface area contributed by atoms with Crippen molar-refractivity contribution < 1.29 is 4.79 Å². The van der Waals surface area contributed by atoms with Crippen molar-refractivity contribution in [2.24, 2.45) is 0 Å². The highest BCUT2D eigenvalue weighted by atomic mass is 32.2. The summed E-state index contributed by atoms with van der Waals surface area (Å²) in [6.07, 6.45) is 0.919. The van der Waals surface area contributed by atoms with E-state index < -0.39 is 0 Å². The number of aromatic nitrogens is 2. The van der Waals surface area contributed by atoms with Crippen LogP contribution in [0.15, 0.2) is 52.9 Å². The molecular weight excluding hydrogens is 376 g/mol. The van der Waals surface area contributed by atoms with E-state index in [2.05, 4.69) is 28.5 Å². The highest BCUT2D eigenvalue weighted by molar-refractivity contribution is 8.02. The van der Waals surface area contributed by atoms with Crippen molar-refractivity contribution >= 4 is 45.5 Å². The Bertz CT molecular complexity index is 955. The smallest absolute Gasteiger partial charge is 0.240 e. The van der Waals surface area contributed by atoms with Crippen molar-refractivity contribution in [1.82, 2.24) is 10.2 Å². The Morgan fingerprint density at radius 1 is 1.19 bits per heavy atom. The molecule has 1 N–H and O–H groups in total. The van der Waals surface area contributed by atoms with E-state index in [0.717, 1.165) is 33.8 Å². The number of anilines is 3. The molecule has 5 nitrogen and oxygen atoms in total. The fourth-order valence-corrected chi connectivity index (χ4v) is 5.03. The standard InChI is InChI=1S/C20H20N4OS2/c1-13-7-9-16(10-8-13)21-19-22-23-20(27-19)26-14(2)18(25)24-12-11-15-5-3-4-6-17(15)24/h3-10,14H,11-12H2,1-2H3,(H,21,22)/t14-/m0/s1. The van der Waals surface area contributed by atoms with Gasteiger partial charge in [-0.05, 0) is 44.0 Å². The lowest BCUT2D eigenvalue weighted by Gasteiger charge is -2.20. The zero-order valence-corrected chi connectivity index (χ0v) is 16.8. The second-order valence-electron chi connectivity index (χ2n) is 6.49. The van der Waals surface area contributed by atoms with Gasteiger partial charge in [0.1, 0.15) is 0 Å². The maximum absolute atomic E-state index is 12.9. The molecule has 2 aromatic carbocycles.